The third kappa shape index (κ3) is 3.99. The summed E-state index contributed by atoms with van der Waals surface area (Å²) in [4.78, 5) is 0.0220. The molecule has 1 rings (SSSR count). The molecule has 1 saturated carbocycles. The van der Waals surface area contributed by atoms with Gasteiger partial charge in [-0.1, -0.05) is 32.0 Å². The van der Waals surface area contributed by atoms with Crippen molar-refractivity contribution in [3.05, 3.63) is 0 Å². The maximum atomic E-state index is 11.9. The Morgan fingerprint density at radius 1 is 1.56 bits per heavy atom. The van der Waals surface area contributed by atoms with Crippen LogP contribution in [-0.2, 0) is 10.0 Å². The fourth-order valence-corrected chi connectivity index (χ4v) is 3.16. The predicted molar refractivity (Wildman–Crippen MR) is 69.7 cm³/mol. The molecule has 94 valence electrons. The molecule has 2 unspecified atom stereocenters. The maximum Gasteiger partial charge on any atom is 0.220 e. The number of hydrogen-bond donors (Lipinski definition) is 2. The average Bonchev–Trinajstić information content (AvgIpc) is 2.98. The molecule has 0 radical (unpaired) electrons. The molecule has 1 aliphatic carbocycles. The van der Waals surface area contributed by atoms with E-state index in [1.54, 1.807) is 0 Å². The Balaban J connectivity index is 2.57. The fraction of sp³-hybridized carbons (Fsp3) is 0.900. The van der Waals surface area contributed by atoms with Gasteiger partial charge in [-0.2, -0.15) is 0 Å². The highest BCUT2D eigenvalue weighted by Gasteiger charge is 2.30. The lowest BCUT2D eigenvalue weighted by molar-refractivity contribution is 0.494. The summed E-state index contributed by atoms with van der Waals surface area (Å²) in [5.74, 6) is 0.702. The zero-order chi connectivity index (χ0) is 12.3. The van der Waals surface area contributed by atoms with Crippen LogP contribution in [0.25, 0.3) is 0 Å². The van der Waals surface area contributed by atoms with E-state index in [4.69, 9.17) is 18.0 Å². The second-order valence-corrected chi connectivity index (χ2v) is 7.00. The summed E-state index contributed by atoms with van der Waals surface area (Å²) in [5.41, 5.74) is 5.37. The zero-order valence-electron chi connectivity index (χ0n) is 9.77. The summed E-state index contributed by atoms with van der Waals surface area (Å²) in [5, 5.41) is -0.796. The van der Waals surface area contributed by atoms with Crippen LogP contribution in [0.3, 0.4) is 0 Å². The van der Waals surface area contributed by atoms with Crippen LogP contribution in [0.1, 0.15) is 39.5 Å². The molecule has 16 heavy (non-hydrogen) atoms. The molecule has 0 saturated heterocycles. The van der Waals surface area contributed by atoms with Gasteiger partial charge in [0.1, 0.15) is 5.25 Å². The van der Waals surface area contributed by atoms with Gasteiger partial charge in [-0.25, -0.2) is 13.1 Å². The number of thiocarbonyl (C=S) groups is 1. The third-order valence-corrected chi connectivity index (χ3v) is 5.35. The van der Waals surface area contributed by atoms with Crippen molar-refractivity contribution in [1.82, 2.24) is 4.72 Å². The molecular formula is C10H20N2O2S2. The third-order valence-electron chi connectivity index (χ3n) is 3.00. The summed E-state index contributed by atoms with van der Waals surface area (Å²) in [6, 6.07) is 0.0225. The molecule has 6 heteroatoms. The minimum absolute atomic E-state index is 0.0220. The monoisotopic (exact) mass is 264 g/mol. The van der Waals surface area contributed by atoms with E-state index in [2.05, 4.69) is 4.72 Å². The minimum Gasteiger partial charge on any atom is -0.392 e. The number of hydrogen-bond acceptors (Lipinski definition) is 3. The first-order chi connectivity index (χ1) is 7.36. The summed E-state index contributed by atoms with van der Waals surface area (Å²) in [6.45, 7) is 3.51. The molecule has 0 heterocycles. The van der Waals surface area contributed by atoms with Crippen LogP contribution in [0.4, 0.5) is 0 Å². The van der Waals surface area contributed by atoms with Crippen LogP contribution in [0.5, 0.6) is 0 Å². The number of sulfonamides is 1. The zero-order valence-corrected chi connectivity index (χ0v) is 11.4. The van der Waals surface area contributed by atoms with Crippen LogP contribution in [0.2, 0.25) is 0 Å². The first kappa shape index (κ1) is 13.9. The quantitative estimate of drug-likeness (QED) is 0.677. The molecule has 0 spiro atoms. The molecule has 2 atom stereocenters. The van der Waals surface area contributed by atoms with Crippen molar-refractivity contribution in [2.45, 2.75) is 50.8 Å². The van der Waals surface area contributed by atoms with E-state index < -0.39 is 15.3 Å². The summed E-state index contributed by atoms with van der Waals surface area (Å²) >= 11 is 4.71. The molecule has 3 N–H and O–H groups in total. The molecule has 0 aromatic heterocycles. The van der Waals surface area contributed by atoms with Crippen molar-refractivity contribution < 1.29 is 8.42 Å². The Bertz CT molecular complexity index is 350. The topological polar surface area (TPSA) is 72.2 Å². The first-order valence-electron chi connectivity index (χ1n) is 5.67. The van der Waals surface area contributed by atoms with E-state index in [0.29, 0.717) is 5.92 Å². The van der Waals surface area contributed by atoms with Gasteiger partial charge in [-0.15, -0.1) is 0 Å². The van der Waals surface area contributed by atoms with Crippen molar-refractivity contribution >= 4 is 27.2 Å². The van der Waals surface area contributed by atoms with Gasteiger partial charge in [0.15, 0.2) is 0 Å². The van der Waals surface area contributed by atoms with Gasteiger partial charge in [0, 0.05) is 6.04 Å². The normalized spacial score (nSPS) is 20.4. The minimum atomic E-state index is -3.40. The van der Waals surface area contributed by atoms with Crippen molar-refractivity contribution in [2.75, 3.05) is 0 Å². The molecule has 0 bridgehead atoms. The van der Waals surface area contributed by atoms with Gasteiger partial charge in [0.05, 0.1) is 4.99 Å². The Morgan fingerprint density at radius 2 is 2.12 bits per heavy atom. The number of rotatable bonds is 7. The molecular weight excluding hydrogens is 244 g/mol. The van der Waals surface area contributed by atoms with Crippen molar-refractivity contribution in [3.63, 3.8) is 0 Å². The van der Waals surface area contributed by atoms with Gasteiger partial charge >= 0.3 is 0 Å². The van der Waals surface area contributed by atoms with Crippen LogP contribution in [0.15, 0.2) is 0 Å². The lowest BCUT2D eigenvalue weighted by Crippen LogP contribution is -2.44. The summed E-state index contributed by atoms with van der Waals surface area (Å²) < 4.78 is 26.4. The van der Waals surface area contributed by atoms with Crippen molar-refractivity contribution in [2.24, 2.45) is 11.7 Å². The standard InChI is InChI=1S/C10H20N2O2S2/c1-3-9(6-8-4-5-8)12-16(13,14)7(2)10(11)15/h7-9,12H,3-6H2,1-2H3,(H2,11,15). The van der Waals surface area contributed by atoms with Gasteiger partial charge in [-0.3, -0.25) is 0 Å². The van der Waals surface area contributed by atoms with Crippen LogP contribution >= 0.6 is 12.2 Å². The van der Waals surface area contributed by atoms with Gasteiger partial charge < -0.3 is 5.73 Å². The van der Waals surface area contributed by atoms with Crippen LogP contribution < -0.4 is 10.5 Å². The summed E-state index contributed by atoms with van der Waals surface area (Å²) in [6.07, 6.45) is 4.19. The lowest BCUT2D eigenvalue weighted by Gasteiger charge is -2.19. The van der Waals surface area contributed by atoms with E-state index in [0.717, 1.165) is 12.8 Å². The highest BCUT2D eigenvalue weighted by Crippen LogP contribution is 2.34. The van der Waals surface area contributed by atoms with E-state index in [1.807, 2.05) is 6.92 Å². The predicted octanol–water partition coefficient (Wildman–Crippen LogP) is 1.16. The van der Waals surface area contributed by atoms with Gasteiger partial charge in [-0.05, 0) is 25.7 Å². The van der Waals surface area contributed by atoms with Crippen LogP contribution in [-0.4, -0.2) is 24.7 Å². The second-order valence-electron chi connectivity index (χ2n) is 4.49. The van der Waals surface area contributed by atoms with Crippen molar-refractivity contribution in [3.8, 4) is 0 Å². The second kappa shape index (κ2) is 5.42. The highest BCUT2D eigenvalue weighted by atomic mass is 32.2. The number of nitrogens with two attached hydrogens (primary N) is 1. The Hall–Kier alpha value is -0.200. The molecule has 4 nitrogen and oxygen atoms in total. The van der Waals surface area contributed by atoms with Crippen molar-refractivity contribution in [1.29, 1.82) is 0 Å². The fourth-order valence-electron chi connectivity index (χ4n) is 1.54. The van der Waals surface area contributed by atoms with E-state index in [1.165, 1.54) is 19.8 Å². The van der Waals surface area contributed by atoms with Gasteiger partial charge in [0.2, 0.25) is 10.0 Å². The lowest BCUT2D eigenvalue weighted by atomic mass is 10.1. The number of nitrogens with one attached hydrogen (secondary N) is 1. The molecule has 1 aliphatic rings. The van der Waals surface area contributed by atoms with Crippen LogP contribution in [0, 0.1) is 5.92 Å². The van der Waals surface area contributed by atoms with Gasteiger partial charge in [0.25, 0.3) is 0 Å². The first-order valence-corrected chi connectivity index (χ1v) is 7.62. The molecule has 0 aliphatic heterocycles. The molecule has 0 aromatic carbocycles. The largest absolute Gasteiger partial charge is 0.392 e. The average molecular weight is 264 g/mol. The van der Waals surface area contributed by atoms with E-state index in [9.17, 15) is 8.42 Å². The maximum absolute atomic E-state index is 11.9. The molecule has 0 amide bonds. The molecule has 0 aromatic rings. The SMILES string of the molecule is CCC(CC1CC1)NS(=O)(=O)C(C)C(N)=S. The Labute approximate surface area is 103 Å². The van der Waals surface area contributed by atoms with E-state index >= 15 is 0 Å². The summed E-state index contributed by atoms with van der Waals surface area (Å²) in [7, 11) is -3.40. The Kier molecular flexibility index (Phi) is 4.70. The molecule has 1 fully saturated rings. The smallest absolute Gasteiger partial charge is 0.220 e. The highest BCUT2D eigenvalue weighted by molar-refractivity contribution is 7.93. The Morgan fingerprint density at radius 3 is 2.50 bits per heavy atom. The van der Waals surface area contributed by atoms with E-state index in [-0.39, 0.29) is 11.0 Å².